The summed E-state index contributed by atoms with van der Waals surface area (Å²) in [5.74, 6) is 0. The van der Waals surface area contributed by atoms with E-state index in [-0.39, 0.29) is 0 Å². The molecule has 2 N–H and O–H groups in total. The molecule has 0 saturated carbocycles. The summed E-state index contributed by atoms with van der Waals surface area (Å²) in [6, 6.07) is 2.07. The summed E-state index contributed by atoms with van der Waals surface area (Å²) < 4.78 is 0. The van der Waals surface area contributed by atoms with Crippen molar-refractivity contribution in [2.24, 2.45) is 0 Å². The number of hydrogen-bond donors (Lipinski definition) is 2. The van der Waals surface area contributed by atoms with Gasteiger partial charge in [-0.1, -0.05) is 12.8 Å². The molecule has 0 heterocycles. The van der Waals surface area contributed by atoms with Gasteiger partial charge in [0, 0.05) is 13.0 Å². The van der Waals surface area contributed by atoms with Crippen molar-refractivity contribution in [3.05, 3.63) is 0 Å². The first-order valence-electron chi connectivity index (χ1n) is 4.11. The molecule has 0 aliphatic rings. The molecule has 0 aromatic rings. The molecule has 4 nitrogen and oxygen atoms in total. The molecule has 0 atom stereocenters. The van der Waals surface area contributed by atoms with Crippen LogP contribution in [0, 0.1) is 11.3 Å². The zero-order valence-corrected chi connectivity index (χ0v) is 7.05. The van der Waals surface area contributed by atoms with Gasteiger partial charge in [0.15, 0.2) is 0 Å². The second-order valence-electron chi connectivity index (χ2n) is 2.55. The summed E-state index contributed by atoms with van der Waals surface area (Å²) in [6.45, 7) is 0.516. The van der Waals surface area contributed by atoms with Gasteiger partial charge in [-0.05, 0) is 12.8 Å². The van der Waals surface area contributed by atoms with Crippen molar-refractivity contribution in [3.63, 3.8) is 0 Å². The second kappa shape index (κ2) is 7.86. The van der Waals surface area contributed by atoms with E-state index in [1.54, 1.807) is 0 Å². The minimum Gasteiger partial charge on any atom is -0.465 e. The van der Waals surface area contributed by atoms with E-state index in [1.165, 1.54) is 0 Å². The van der Waals surface area contributed by atoms with Crippen LogP contribution in [0.3, 0.4) is 0 Å². The Hall–Kier alpha value is -1.24. The Bertz CT molecular complexity index is 163. The smallest absolute Gasteiger partial charge is 0.404 e. The van der Waals surface area contributed by atoms with Crippen molar-refractivity contribution >= 4 is 6.09 Å². The average Bonchev–Trinajstić information content (AvgIpc) is 2.02. The highest BCUT2D eigenvalue weighted by Crippen LogP contribution is 2.00. The molecule has 0 saturated heterocycles. The molecule has 4 heteroatoms. The van der Waals surface area contributed by atoms with Crippen LogP contribution >= 0.6 is 0 Å². The summed E-state index contributed by atoms with van der Waals surface area (Å²) in [7, 11) is 0. The van der Waals surface area contributed by atoms with Gasteiger partial charge in [-0.2, -0.15) is 5.26 Å². The lowest BCUT2D eigenvalue weighted by atomic mass is 10.1. The Balaban J connectivity index is 2.92. The summed E-state index contributed by atoms with van der Waals surface area (Å²) in [5, 5.41) is 18.7. The van der Waals surface area contributed by atoms with Gasteiger partial charge in [0.05, 0.1) is 6.07 Å². The third kappa shape index (κ3) is 8.76. The molecule has 0 rings (SSSR count). The van der Waals surface area contributed by atoms with Gasteiger partial charge in [0.2, 0.25) is 0 Å². The van der Waals surface area contributed by atoms with E-state index in [9.17, 15) is 4.79 Å². The second-order valence-corrected chi connectivity index (χ2v) is 2.55. The fourth-order valence-corrected chi connectivity index (χ4v) is 0.878. The standard InChI is InChI=1S/C8H14N2O2/c9-6-4-2-1-3-5-7-10-8(11)12/h10H,1-5,7H2,(H,11,12). The molecule has 68 valence electrons. The molecule has 0 spiro atoms. The summed E-state index contributed by atoms with van der Waals surface area (Å²) in [4.78, 5) is 9.98. The maximum absolute atomic E-state index is 9.98. The van der Waals surface area contributed by atoms with Crippen LogP contribution in [-0.2, 0) is 0 Å². The predicted molar refractivity (Wildman–Crippen MR) is 44.7 cm³/mol. The Morgan fingerprint density at radius 3 is 2.58 bits per heavy atom. The van der Waals surface area contributed by atoms with Crippen LogP contribution in [0.15, 0.2) is 0 Å². The lowest BCUT2D eigenvalue weighted by Gasteiger charge is -1.99. The van der Waals surface area contributed by atoms with E-state index in [4.69, 9.17) is 10.4 Å². The Labute approximate surface area is 72.2 Å². The first-order chi connectivity index (χ1) is 5.77. The van der Waals surface area contributed by atoms with E-state index in [1.807, 2.05) is 0 Å². The molecular formula is C8H14N2O2. The number of unbranched alkanes of at least 4 members (excludes halogenated alkanes) is 4. The first-order valence-corrected chi connectivity index (χ1v) is 4.11. The largest absolute Gasteiger partial charge is 0.465 e. The van der Waals surface area contributed by atoms with Crippen molar-refractivity contribution in [1.29, 1.82) is 5.26 Å². The highest BCUT2D eigenvalue weighted by Gasteiger charge is 1.93. The fraction of sp³-hybridized carbons (Fsp3) is 0.750. The van der Waals surface area contributed by atoms with Crippen molar-refractivity contribution in [2.45, 2.75) is 32.1 Å². The molecule has 12 heavy (non-hydrogen) atoms. The zero-order chi connectivity index (χ0) is 9.23. The van der Waals surface area contributed by atoms with Gasteiger partial charge in [-0.3, -0.25) is 0 Å². The van der Waals surface area contributed by atoms with Crippen molar-refractivity contribution in [1.82, 2.24) is 5.32 Å². The van der Waals surface area contributed by atoms with Gasteiger partial charge in [-0.15, -0.1) is 0 Å². The first kappa shape index (κ1) is 10.8. The quantitative estimate of drug-likeness (QED) is 0.596. The van der Waals surface area contributed by atoms with Crippen LogP contribution in [0.4, 0.5) is 4.79 Å². The number of carbonyl (C=O) groups is 1. The van der Waals surface area contributed by atoms with E-state index in [2.05, 4.69) is 11.4 Å². The molecular weight excluding hydrogens is 156 g/mol. The molecule has 0 aromatic carbocycles. The molecule has 0 unspecified atom stereocenters. The Morgan fingerprint density at radius 1 is 1.33 bits per heavy atom. The maximum atomic E-state index is 9.98. The SMILES string of the molecule is N#CCCCCCCNC(=O)O. The van der Waals surface area contributed by atoms with Crippen LogP contribution in [-0.4, -0.2) is 17.7 Å². The van der Waals surface area contributed by atoms with Crippen LogP contribution in [0.2, 0.25) is 0 Å². The van der Waals surface area contributed by atoms with E-state index >= 15 is 0 Å². The highest BCUT2D eigenvalue weighted by molar-refractivity contribution is 5.64. The predicted octanol–water partition coefficient (Wildman–Crippen LogP) is 1.73. The molecule has 0 aromatic heterocycles. The molecule has 1 amide bonds. The van der Waals surface area contributed by atoms with Gasteiger partial charge >= 0.3 is 6.09 Å². The topological polar surface area (TPSA) is 73.1 Å². The monoisotopic (exact) mass is 170 g/mol. The number of amides is 1. The van der Waals surface area contributed by atoms with Crippen LogP contribution in [0.5, 0.6) is 0 Å². The van der Waals surface area contributed by atoms with E-state index in [0.717, 1.165) is 25.7 Å². The minimum absolute atomic E-state index is 0.516. The van der Waals surface area contributed by atoms with Crippen LogP contribution in [0.1, 0.15) is 32.1 Å². The number of hydrogen-bond acceptors (Lipinski definition) is 2. The molecule has 0 radical (unpaired) electrons. The third-order valence-corrected chi connectivity index (χ3v) is 1.49. The zero-order valence-electron chi connectivity index (χ0n) is 7.05. The van der Waals surface area contributed by atoms with Gasteiger partial charge in [-0.25, -0.2) is 4.79 Å². The van der Waals surface area contributed by atoms with Crippen molar-refractivity contribution < 1.29 is 9.90 Å². The van der Waals surface area contributed by atoms with E-state index < -0.39 is 6.09 Å². The molecule has 0 bridgehead atoms. The third-order valence-electron chi connectivity index (χ3n) is 1.49. The van der Waals surface area contributed by atoms with Gasteiger partial charge in [0.25, 0.3) is 0 Å². The van der Waals surface area contributed by atoms with Crippen molar-refractivity contribution in [2.75, 3.05) is 6.54 Å². The number of rotatable bonds is 6. The van der Waals surface area contributed by atoms with Gasteiger partial charge < -0.3 is 10.4 Å². The number of nitriles is 1. The van der Waals surface area contributed by atoms with Crippen molar-refractivity contribution in [3.8, 4) is 6.07 Å². The molecule has 0 aliphatic heterocycles. The summed E-state index contributed by atoms with van der Waals surface area (Å²) >= 11 is 0. The summed E-state index contributed by atoms with van der Waals surface area (Å²) in [6.07, 6.45) is 3.41. The van der Waals surface area contributed by atoms with Gasteiger partial charge in [0.1, 0.15) is 0 Å². The Kier molecular flexibility index (Phi) is 7.05. The fourth-order valence-electron chi connectivity index (χ4n) is 0.878. The lowest BCUT2D eigenvalue weighted by Crippen LogP contribution is -2.21. The van der Waals surface area contributed by atoms with E-state index in [0.29, 0.717) is 13.0 Å². The Morgan fingerprint density at radius 2 is 2.00 bits per heavy atom. The summed E-state index contributed by atoms with van der Waals surface area (Å²) in [5.41, 5.74) is 0. The number of nitrogens with zero attached hydrogens (tertiary/aromatic N) is 1. The normalized spacial score (nSPS) is 8.92. The molecule has 0 fully saturated rings. The van der Waals surface area contributed by atoms with Crippen LogP contribution in [0.25, 0.3) is 0 Å². The number of nitrogens with one attached hydrogen (secondary N) is 1. The molecule has 0 aliphatic carbocycles. The van der Waals surface area contributed by atoms with Crippen LogP contribution < -0.4 is 5.32 Å². The highest BCUT2D eigenvalue weighted by atomic mass is 16.4. The lowest BCUT2D eigenvalue weighted by molar-refractivity contribution is 0.194. The average molecular weight is 170 g/mol. The number of carboxylic acid groups (broad SMARTS) is 1. The maximum Gasteiger partial charge on any atom is 0.404 e. The minimum atomic E-state index is -0.966.